The highest BCUT2D eigenvalue weighted by Crippen LogP contribution is 2.23. The Bertz CT molecular complexity index is 365. The molecular weight excluding hydrogens is 236 g/mol. The van der Waals surface area contributed by atoms with Crippen molar-refractivity contribution >= 4 is 27.1 Å². The summed E-state index contributed by atoms with van der Waals surface area (Å²) >= 11 is 1.16. The summed E-state index contributed by atoms with van der Waals surface area (Å²) < 4.78 is 10.7. The topological polar surface area (TPSA) is 72.2 Å². The minimum atomic E-state index is -0.793. The fourth-order valence-corrected chi connectivity index (χ4v) is 2.21. The summed E-state index contributed by atoms with van der Waals surface area (Å²) in [5.74, 6) is 0.605. The average Bonchev–Trinajstić information content (AvgIpc) is 2.60. The largest absolute Gasteiger partial charge is 0.324 e. The van der Waals surface area contributed by atoms with Crippen molar-refractivity contribution < 1.29 is 9.13 Å². The second-order valence-corrected chi connectivity index (χ2v) is 5.65. The smallest absolute Gasteiger partial charge is 0.311 e. The van der Waals surface area contributed by atoms with Crippen molar-refractivity contribution in [2.45, 2.75) is 6.54 Å². The molecule has 1 aromatic heterocycles. The highest BCUT2D eigenvalue weighted by Gasteiger charge is 2.08. The van der Waals surface area contributed by atoms with Gasteiger partial charge in [0.2, 0.25) is 0 Å². The average molecular weight is 248 g/mol. The molecule has 1 heterocycles. The third kappa shape index (κ3) is 4.50. The highest BCUT2D eigenvalue weighted by molar-refractivity contribution is 7.84. The minimum Gasteiger partial charge on any atom is -0.311 e. The van der Waals surface area contributed by atoms with Crippen molar-refractivity contribution in [2.24, 2.45) is 0 Å². The van der Waals surface area contributed by atoms with Gasteiger partial charge in [0.1, 0.15) is 0 Å². The van der Waals surface area contributed by atoms with E-state index in [9.17, 15) is 14.3 Å². The Morgan fingerprint density at radius 2 is 2.33 bits per heavy atom. The van der Waals surface area contributed by atoms with Crippen molar-refractivity contribution in [1.29, 1.82) is 0 Å². The second-order valence-electron chi connectivity index (χ2n) is 2.95. The lowest BCUT2D eigenvalue weighted by molar-refractivity contribution is -0.380. The van der Waals surface area contributed by atoms with Crippen LogP contribution < -0.4 is 5.32 Å². The standard InChI is InChI=1S/C8H12N2O3S2/c1-15(13)5-4-9-6-7-2-3-8(14-7)10(11)12/h2-3,9H,4-6H2,1H3. The van der Waals surface area contributed by atoms with Crippen LogP contribution in [0.15, 0.2) is 12.1 Å². The van der Waals surface area contributed by atoms with Gasteiger partial charge in [0.15, 0.2) is 0 Å². The van der Waals surface area contributed by atoms with Crippen molar-refractivity contribution in [2.75, 3.05) is 18.6 Å². The number of nitrogens with zero attached hydrogens (tertiary/aromatic N) is 1. The number of hydrogen-bond donors (Lipinski definition) is 1. The van der Waals surface area contributed by atoms with Crippen LogP contribution in [0.25, 0.3) is 0 Å². The molecule has 0 aliphatic heterocycles. The third-order valence-corrected chi connectivity index (χ3v) is 3.51. The first-order valence-electron chi connectivity index (χ1n) is 4.33. The normalized spacial score (nSPS) is 12.6. The van der Waals surface area contributed by atoms with Crippen LogP contribution in [0.4, 0.5) is 5.00 Å². The van der Waals surface area contributed by atoms with Gasteiger partial charge in [0.25, 0.3) is 0 Å². The van der Waals surface area contributed by atoms with E-state index in [2.05, 4.69) is 5.32 Å². The van der Waals surface area contributed by atoms with Crippen molar-refractivity contribution in [3.8, 4) is 0 Å². The molecule has 0 aliphatic rings. The predicted octanol–water partition coefficient (Wildman–Crippen LogP) is 1.12. The molecule has 7 heteroatoms. The molecule has 0 spiro atoms. The third-order valence-electron chi connectivity index (χ3n) is 1.69. The van der Waals surface area contributed by atoms with Crippen molar-refractivity contribution in [3.05, 3.63) is 27.1 Å². The van der Waals surface area contributed by atoms with Gasteiger partial charge in [-0.25, -0.2) is 0 Å². The van der Waals surface area contributed by atoms with E-state index in [0.29, 0.717) is 18.8 Å². The first kappa shape index (κ1) is 12.3. The maximum absolute atomic E-state index is 10.7. The number of rotatable bonds is 6. The number of nitrogens with one attached hydrogen (secondary N) is 1. The van der Waals surface area contributed by atoms with E-state index in [1.54, 1.807) is 12.3 Å². The molecule has 1 N–H and O–H groups in total. The van der Waals surface area contributed by atoms with Crippen LogP contribution in [0.5, 0.6) is 0 Å². The molecule has 0 fully saturated rings. The van der Waals surface area contributed by atoms with Gasteiger partial charge in [-0.1, -0.05) is 11.3 Å². The Hall–Kier alpha value is -0.790. The summed E-state index contributed by atoms with van der Waals surface area (Å²) in [6.07, 6.45) is 1.65. The SMILES string of the molecule is CS(=O)CCNCc1ccc([N+](=O)[O-])s1. The van der Waals surface area contributed by atoms with E-state index < -0.39 is 15.7 Å². The number of nitro groups is 1. The molecule has 1 atom stereocenters. The molecular formula is C8H12N2O3S2. The summed E-state index contributed by atoms with van der Waals surface area (Å²) in [6, 6.07) is 3.23. The Kier molecular flexibility index (Phi) is 4.86. The van der Waals surface area contributed by atoms with E-state index in [1.807, 2.05) is 0 Å². The molecule has 0 amide bonds. The van der Waals surface area contributed by atoms with Gasteiger partial charge in [0, 0.05) is 46.8 Å². The van der Waals surface area contributed by atoms with E-state index in [1.165, 1.54) is 6.07 Å². The zero-order valence-corrected chi connectivity index (χ0v) is 9.90. The van der Waals surface area contributed by atoms with Crippen LogP contribution >= 0.6 is 11.3 Å². The first-order valence-corrected chi connectivity index (χ1v) is 6.88. The Labute approximate surface area is 94.1 Å². The quantitative estimate of drug-likeness (QED) is 0.465. The summed E-state index contributed by atoms with van der Waals surface area (Å²) in [5, 5.41) is 13.6. The van der Waals surface area contributed by atoms with Gasteiger partial charge < -0.3 is 5.32 Å². The van der Waals surface area contributed by atoms with Gasteiger partial charge >= 0.3 is 5.00 Å². The molecule has 1 aromatic rings. The molecule has 5 nitrogen and oxygen atoms in total. The summed E-state index contributed by atoms with van der Waals surface area (Å²) in [7, 11) is -0.793. The van der Waals surface area contributed by atoms with Crippen LogP contribution in [0.2, 0.25) is 0 Å². The lowest BCUT2D eigenvalue weighted by Crippen LogP contribution is -2.18. The van der Waals surface area contributed by atoms with E-state index in [4.69, 9.17) is 0 Å². The molecule has 0 aliphatic carbocycles. The number of hydrogen-bond acceptors (Lipinski definition) is 5. The first-order chi connectivity index (χ1) is 7.09. The van der Waals surface area contributed by atoms with Gasteiger partial charge in [0.05, 0.1) is 4.92 Å². The predicted molar refractivity (Wildman–Crippen MR) is 61.6 cm³/mol. The summed E-state index contributed by atoms with van der Waals surface area (Å²) in [6.45, 7) is 1.25. The van der Waals surface area contributed by atoms with Gasteiger partial charge in [-0.2, -0.15) is 0 Å². The zero-order valence-electron chi connectivity index (χ0n) is 8.26. The zero-order chi connectivity index (χ0) is 11.3. The molecule has 0 saturated carbocycles. The van der Waals surface area contributed by atoms with Gasteiger partial charge in [-0.15, -0.1) is 0 Å². The number of thiophene rings is 1. The van der Waals surface area contributed by atoms with E-state index >= 15 is 0 Å². The maximum Gasteiger partial charge on any atom is 0.324 e. The fraction of sp³-hybridized carbons (Fsp3) is 0.500. The van der Waals surface area contributed by atoms with Crippen LogP contribution in [0.1, 0.15) is 4.88 Å². The molecule has 1 unspecified atom stereocenters. The van der Waals surface area contributed by atoms with Crippen LogP contribution in [-0.4, -0.2) is 27.7 Å². The van der Waals surface area contributed by atoms with Crippen molar-refractivity contribution in [1.82, 2.24) is 5.32 Å². The highest BCUT2D eigenvalue weighted by atomic mass is 32.2. The van der Waals surface area contributed by atoms with Crippen molar-refractivity contribution in [3.63, 3.8) is 0 Å². The van der Waals surface area contributed by atoms with Crippen LogP contribution in [0, 0.1) is 10.1 Å². The molecule has 1 rings (SSSR count). The van der Waals surface area contributed by atoms with Gasteiger partial charge in [-0.3, -0.25) is 14.3 Å². The van der Waals surface area contributed by atoms with Crippen LogP contribution in [0.3, 0.4) is 0 Å². The Balaban J connectivity index is 2.31. The van der Waals surface area contributed by atoms with E-state index in [0.717, 1.165) is 16.2 Å². The van der Waals surface area contributed by atoms with Gasteiger partial charge in [-0.05, 0) is 6.07 Å². The summed E-state index contributed by atoms with van der Waals surface area (Å²) in [5.41, 5.74) is 0. The van der Waals surface area contributed by atoms with Crippen LogP contribution in [-0.2, 0) is 17.3 Å². The molecule has 84 valence electrons. The molecule has 0 saturated heterocycles. The molecule has 0 bridgehead atoms. The fourth-order valence-electron chi connectivity index (χ4n) is 0.987. The van der Waals surface area contributed by atoms with E-state index in [-0.39, 0.29) is 5.00 Å². The lowest BCUT2D eigenvalue weighted by atomic mass is 10.4. The molecule has 0 aromatic carbocycles. The monoisotopic (exact) mass is 248 g/mol. The molecule has 0 radical (unpaired) electrons. The summed E-state index contributed by atoms with van der Waals surface area (Å²) in [4.78, 5) is 10.9. The Morgan fingerprint density at radius 1 is 1.60 bits per heavy atom. The maximum atomic E-state index is 10.7. The second kappa shape index (κ2) is 5.94. The molecule has 15 heavy (non-hydrogen) atoms. The lowest BCUT2D eigenvalue weighted by Gasteiger charge is -1.99. The minimum absolute atomic E-state index is 0.158. The Morgan fingerprint density at radius 3 is 2.87 bits per heavy atom.